The molecule has 0 amide bonds. The third-order valence-corrected chi connectivity index (χ3v) is 13.8. The summed E-state index contributed by atoms with van der Waals surface area (Å²) >= 11 is 0. The molecule has 0 spiro atoms. The Hall–Kier alpha value is -7.57. The Kier molecular flexibility index (Phi) is 13.4. The Balaban J connectivity index is 0.993. The average Bonchev–Trinajstić information content (AvgIpc) is 3.91. The van der Waals surface area contributed by atoms with Gasteiger partial charge in [0.1, 0.15) is 54.9 Å². The Morgan fingerprint density at radius 2 is 0.730 bits per heavy atom. The molecule has 6 heterocycles. The molecule has 35 heteroatoms. The predicted molar refractivity (Wildman–Crippen MR) is 240 cm³/mol. The zero-order valence-electron chi connectivity index (χ0n) is 36.8. The van der Waals surface area contributed by atoms with Gasteiger partial charge in [0.2, 0.25) is 0 Å². The molecule has 6 aromatic rings. The van der Waals surface area contributed by atoms with Crippen molar-refractivity contribution >= 4 is 57.6 Å². The van der Waals surface area contributed by atoms with Gasteiger partial charge >= 0.3 is 24.9 Å². The number of aliphatic hydroxyl groups is 6. The molecule has 0 aliphatic carbocycles. The Labute approximate surface area is 404 Å². The van der Waals surface area contributed by atoms with E-state index < -0.39 is 183 Å². The summed E-state index contributed by atoms with van der Waals surface area (Å²) in [6.45, 7) is -3.33. The van der Waals surface area contributed by atoms with Gasteiger partial charge in [-0.3, -0.25) is 87.0 Å². The first kappa shape index (κ1) is 51.3. The highest BCUT2D eigenvalue weighted by atomic mass is 31.2. The standard InChI is InChI=1S/C39H36N9O25P/c49-25-22(71-34(28(25)52)43-19-4-1-13(46(61)62)7-16(19)31(55)40-37(43)58)10-68-74(67,69-11-23-26(50)29(53)35(72-23)44-20-5-2-14(47(63)64)8-17(20)32(56)41-38(44)59)70-12-24-27(51)30(54)36(73-24)45-21-6-3-15(48(65)66)9-18(21)33(57)42-39(45)60/h1-9,22-30,34-36,49-54H,10-12H2,(H,40,55,58)(H,41,56,59)(H,42,57,60)/t22-,23-,24-,25-,26-,27-,28-,29-,30-,34-,35-,36-/m1/s1. The minimum atomic E-state index is -5.36. The second kappa shape index (κ2) is 19.4. The van der Waals surface area contributed by atoms with Crippen molar-refractivity contribution in [1.82, 2.24) is 28.7 Å². The largest absolute Gasteiger partial charge is 0.475 e. The van der Waals surface area contributed by atoms with Crippen molar-refractivity contribution in [2.45, 2.75) is 73.6 Å². The quantitative estimate of drug-likeness (QED) is 0.0278. The van der Waals surface area contributed by atoms with Crippen LogP contribution in [0.3, 0.4) is 0 Å². The number of phosphoric ester groups is 1. The second-order valence-electron chi connectivity index (χ2n) is 16.7. The van der Waals surface area contributed by atoms with E-state index in [9.17, 15) is 94.3 Å². The van der Waals surface area contributed by atoms with E-state index in [4.69, 9.17) is 27.8 Å². The molecule has 0 bridgehead atoms. The summed E-state index contributed by atoms with van der Waals surface area (Å²) in [5.41, 5.74) is -9.39. The fourth-order valence-electron chi connectivity index (χ4n) is 8.70. The van der Waals surface area contributed by atoms with E-state index in [0.717, 1.165) is 54.6 Å². The topological polar surface area (TPSA) is 488 Å². The number of hydrogen-bond acceptors (Lipinski definition) is 25. The highest BCUT2D eigenvalue weighted by Gasteiger charge is 2.50. The molecule has 3 aromatic heterocycles. The molecule has 12 atom stereocenters. The lowest BCUT2D eigenvalue weighted by Gasteiger charge is -2.24. The van der Waals surface area contributed by atoms with Crippen LogP contribution in [0.25, 0.3) is 32.7 Å². The zero-order chi connectivity index (χ0) is 53.4. The van der Waals surface area contributed by atoms with E-state index >= 15 is 0 Å². The van der Waals surface area contributed by atoms with Gasteiger partial charge < -0.3 is 44.8 Å². The summed E-state index contributed by atoms with van der Waals surface area (Å²) in [7, 11) is -5.36. The maximum absolute atomic E-state index is 14.6. The molecule has 9 rings (SSSR count). The lowest BCUT2D eigenvalue weighted by atomic mass is 10.1. The van der Waals surface area contributed by atoms with E-state index in [1.54, 1.807) is 0 Å². The normalized spacial score (nSPS) is 27.1. The van der Waals surface area contributed by atoms with Gasteiger partial charge in [-0.15, -0.1) is 0 Å². The van der Waals surface area contributed by atoms with E-state index in [-0.39, 0.29) is 16.6 Å². The number of nitrogens with one attached hydrogen (secondary N) is 3. The lowest BCUT2D eigenvalue weighted by molar-refractivity contribution is -0.384. The first-order valence-electron chi connectivity index (χ1n) is 21.4. The monoisotopic (exact) mass is 1060 g/mol. The van der Waals surface area contributed by atoms with Crippen LogP contribution in [0.5, 0.6) is 0 Å². The van der Waals surface area contributed by atoms with Crippen LogP contribution in [0.1, 0.15) is 18.7 Å². The molecule has 3 aliphatic rings. The molecule has 0 unspecified atom stereocenters. The Morgan fingerprint density at radius 1 is 0.473 bits per heavy atom. The second-order valence-corrected chi connectivity index (χ2v) is 18.4. The molecule has 74 heavy (non-hydrogen) atoms. The maximum atomic E-state index is 14.6. The third-order valence-electron chi connectivity index (χ3n) is 12.4. The fourth-order valence-corrected chi connectivity index (χ4v) is 9.91. The summed E-state index contributed by atoms with van der Waals surface area (Å²) in [4.78, 5) is 115. The molecule has 3 saturated heterocycles. The van der Waals surface area contributed by atoms with Crippen LogP contribution in [0, 0.1) is 30.3 Å². The van der Waals surface area contributed by atoms with Crippen LogP contribution in [-0.4, -0.2) is 149 Å². The number of rotatable bonds is 15. The number of aliphatic hydroxyl groups excluding tert-OH is 6. The van der Waals surface area contributed by atoms with Crippen molar-refractivity contribution in [3.63, 3.8) is 0 Å². The number of phosphoric acid groups is 1. The van der Waals surface area contributed by atoms with Gasteiger partial charge in [0, 0.05) is 36.4 Å². The van der Waals surface area contributed by atoms with Crippen molar-refractivity contribution in [3.8, 4) is 0 Å². The number of benzene rings is 3. The molecule has 0 radical (unpaired) electrons. The highest BCUT2D eigenvalue weighted by molar-refractivity contribution is 7.48. The first-order chi connectivity index (χ1) is 35.0. The maximum Gasteiger partial charge on any atom is 0.475 e. The Bertz CT molecular complexity index is 3340. The number of ether oxygens (including phenoxy) is 3. The van der Waals surface area contributed by atoms with E-state index in [2.05, 4.69) is 0 Å². The first-order valence-corrected chi connectivity index (χ1v) is 22.8. The molecule has 34 nitrogen and oxygen atoms in total. The zero-order valence-corrected chi connectivity index (χ0v) is 37.7. The van der Waals surface area contributed by atoms with Crippen molar-refractivity contribution in [2.24, 2.45) is 0 Å². The number of nitrogens with zero attached hydrogens (tertiary/aromatic N) is 6. The SMILES string of the molecule is O=c1[nH]c(=O)n([C@@H]2O[C@H](COP(=O)(OC[C@H]3O[C@@H](n4c(=O)[nH]c(=O)c5cc([N+](=O)[O-])ccc54)[C@H](O)[C@@H]3O)OC[C@H]3O[C@@H](n4c(=O)[nH]c(=O)c5cc([N+](=O)[O-])ccc54)[C@H](O)[C@@H]3O)[C@@H](O)[C@H]2O)c2ccc([N+](=O)[O-])cc12. The summed E-state index contributed by atoms with van der Waals surface area (Å²) in [6.07, 6.45) is -23.3. The predicted octanol–water partition coefficient (Wildman–Crippen LogP) is -3.16. The Morgan fingerprint density at radius 3 is 0.973 bits per heavy atom. The molecule has 3 fully saturated rings. The van der Waals surface area contributed by atoms with Crippen molar-refractivity contribution in [1.29, 1.82) is 0 Å². The van der Waals surface area contributed by atoms with Crippen molar-refractivity contribution in [2.75, 3.05) is 19.8 Å². The molecule has 392 valence electrons. The molecule has 3 aliphatic heterocycles. The van der Waals surface area contributed by atoms with Gasteiger partial charge in [-0.25, -0.2) is 18.9 Å². The molecule has 9 N–H and O–H groups in total. The minimum Gasteiger partial charge on any atom is -0.387 e. The van der Waals surface area contributed by atoms with E-state index in [1.807, 2.05) is 15.0 Å². The van der Waals surface area contributed by atoms with Gasteiger partial charge in [-0.2, -0.15) is 0 Å². The van der Waals surface area contributed by atoms with Crippen LogP contribution in [0.2, 0.25) is 0 Å². The number of aromatic amines is 3. The van der Waals surface area contributed by atoms with Crippen LogP contribution < -0.4 is 33.7 Å². The van der Waals surface area contributed by atoms with Gasteiger partial charge in [0.15, 0.2) is 18.7 Å². The van der Waals surface area contributed by atoms with E-state index in [1.165, 1.54) is 0 Å². The number of nitro groups is 3. The van der Waals surface area contributed by atoms with E-state index in [0.29, 0.717) is 13.7 Å². The molecular weight excluding hydrogens is 1030 g/mol. The fraction of sp³-hybridized carbons (Fsp3) is 0.385. The van der Waals surface area contributed by atoms with Crippen LogP contribution in [0.4, 0.5) is 17.1 Å². The minimum absolute atomic E-state index is 0.303. The van der Waals surface area contributed by atoms with Gasteiger partial charge in [0.05, 0.1) is 67.3 Å². The smallest absolute Gasteiger partial charge is 0.387 e. The number of nitro benzene ring substituents is 3. The summed E-state index contributed by atoms with van der Waals surface area (Å²) < 4.78 is 50.3. The van der Waals surface area contributed by atoms with Crippen LogP contribution in [-0.2, 0) is 32.3 Å². The number of non-ortho nitro benzene ring substituents is 3. The number of hydrogen-bond donors (Lipinski definition) is 9. The summed E-state index contributed by atoms with van der Waals surface area (Å²) in [5, 5.41) is 99.7. The molecular formula is C39H36N9O25P. The highest BCUT2D eigenvalue weighted by Crippen LogP contribution is 2.52. The van der Waals surface area contributed by atoms with Gasteiger partial charge in [-0.1, -0.05) is 0 Å². The van der Waals surface area contributed by atoms with Gasteiger partial charge in [-0.05, 0) is 18.2 Å². The number of aromatic nitrogens is 6. The van der Waals surface area contributed by atoms with Crippen molar-refractivity contribution in [3.05, 3.63) is 147 Å². The third kappa shape index (κ3) is 9.03. The lowest BCUT2D eigenvalue weighted by Crippen LogP contribution is -2.38. The van der Waals surface area contributed by atoms with Crippen LogP contribution in [0.15, 0.2) is 83.4 Å². The van der Waals surface area contributed by atoms with Crippen molar-refractivity contribution < 1.29 is 77.8 Å². The van der Waals surface area contributed by atoms with Gasteiger partial charge in [0.25, 0.3) is 33.7 Å². The summed E-state index contributed by atoms with van der Waals surface area (Å²) in [5.74, 6) is 0. The van der Waals surface area contributed by atoms with Crippen LogP contribution >= 0.6 is 7.82 Å². The number of H-pyrrole nitrogens is 3. The average molecular weight is 1060 g/mol. The number of fused-ring (bicyclic) bond motifs is 3. The summed E-state index contributed by atoms with van der Waals surface area (Å²) in [6, 6.07) is 8.29. The molecule has 3 aromatic carbocycles. The molecule has 0 saturated carbocycles.